The largest absolute Gasteiger partial charge is 0.504 e. The molecule has 0 bridgehead atoms. The fraction of sp³-hybridized carbons (Fsp3) is 0.219. The molecule has 0 aliphatic carbocycles. The number of hydrazine groups is 1. The van der Waals surface area contributed by atoms with E-state index in [-0.39, 0.29) is 56.2 Å². The SMILES string of the molecule is CC(C)(ON=C(C(=O)N[C@@H]1C(=O)N2C(C(=O)O)=C(CSc3nnc(-c4ccc(O)c(O)c4)o3)CS[C@H]12)c1csc(N)n1)C(=O)NNC(=O)c1ccc(O)c(O)c1. The Morgan fingerprint density at radius 3 is 2.43 bits per heavy atom. The molecule has 1 saturated heterocycles. The quantitative estimate of drug-likeness (QED) is 0.0317. The standard InChI is InChI=1S/C32H29N9O12S3/c1-32(2,29(51)38-36-23(46)12-3-5-16(42)18(44)7-12)53-40-20(15-11-55-30(33)34-15)24(47)35-21-26(48)41-22(28(49)50)14(9-54-27(21)41)10-56-31-39-37-25(52-31)13-4-6-17(43)19(45)8-13/h3-8,11,21,27,42-45H,9-10H2,1-2H3,(H2,33,34)(H,35,47)(H,36,46)(H,38,51)(H,49,50)/t21-,27-/m1/s1. The number of rotatable bonds is 12. The maximum absolute atomic E-state index is 13.6. The summed E-state index contributed by atoms with van der Waals surface area (Å²) >= 11 is 3.19. The lowest BCUT2D eigenvalue weighted by molar-refractivity contribution is -0.150. The summed E-state index contributed by atoms with van der Waals surface area (Å²) in [7, 11) is 0. The number of benzene rings is 2. The molecular formula is C32H29N9O12S3. The number of nitrogen functional groups attached to an aromatic ring is 1. The van der Waals surface area contributed by atoms with Gasteiger partial charge in [0, 0.05) is 28.0 Å². The van der Waals surface area contributed by atoms with E-state index in [1.165, 1.54) is 55.3 Å². The number of carboxylic acid groups (broad SMARTS) is 1. The predicted molar refractivity (Wildman–Crippen MR) is 197 cm³/mol. The van der Waals surface area contributed by atoms with Crippen molar-refractivity contribution in [1.29, 1.82) is 0 Å². The highest BCUT2D eigenvalue weighted by Gasteiger charge is 2.54. The lowest BCUT2D eigenvalue weighted by atomic mass is 10.0. The van der Waals surface area contributed by atoms with Gasteiger partial charge in [0.05, 0.1) is 0 Å². The van der Waals surface area contributed by atoms with Crippen LogP contribution in [0.5, 0.6) is 23.0 Å². The number of nitrogens with two attached hydrogens (primary N) is 1. The Morgan fingerprint density at radius 1 is 1.05 bits per heavy atom. The number of aliphatic carboxylic acids is 1. The number of phenolic OH excluding ortho intramolecular Hbond substituents is 4. The fourth-order valence-electron chi connectivity index (χ4n) is 5.00. The van der Waals surface area contributed by atoms with Gasteiger partial charge in [-0.05, 0) is 55.8 Å². The van der Waals surface area contributed by atoms with Gasteiger partial charge in [-0.3, -0.25) is 34.9 Å². The number of carbonyl (C=O) groups excluding carboxylic acids is 4. The van der Waals surface area contributed by atoms with Crippen LogP contribution in [0.15, 0.2) is 67.8 Å². The Balaban J connectivity index is 1.11. The van der Waals surface area contributed by atoms with Gasteiger partial charge in [-0.25, -0.2) is 9.78 Å². The normalized spacial score (nSPS) is 16.8. The van der Waals surface area contributed by atoms with E-state index in [1.807, 2.05) is 0 Å². The number of phenols is 4. The Kier molecular flexibility index (Phi) is 11.0. The third-order valence-corrected chi connectivity index (χ3v) is 10.9. The highest BCUT2D eigenvalue weighted by atomic mass is 32.2. The molecule has 292 valence electrons. The first-order valence-corrected chi connectivity index (χ1v) is 18.7. The van der Waals surface area contributed by atoms with Gasteiger partial charge < -0.3 is 45.8 Å². The Morgan fingerprint density at radius 2 is 1.77 bits per heavy atom. The monoisotopic (exact) mass is 827 g/mol. The topological polar surface area (TPSA) is 325 Å². The van der Waals surface area contributed by atoms with Crippen molar-refractivity contribution >= 4 is 75.3 Å². The second-order valence-electron chi connectivity index (χ2n) is 12.2. The zero-order valence-electron chi connectivity index (χ0n) is 28.7. The molecular weight excluding hydrogens is 799 g/mol. The number of oxime groups is 1. The predicted octanol–water partition coefficient (Wildman–Crippen LogP) is 1.09. The first-order valence-electron chi connectivity index (χ1n) is 15.8. The minimum atomic E-state index is -1.83. The number of hydrogen-bond acceptors (Lipinski definition) is 19. The molecule has 21 nitrogen and oxygen atoms in total. The second-order valence-corrected chi connectivity index (χ2v) is 15.1. The van der Waals surface area contributed by atoms with E-state index in [9.17, 15) is 49.5 Å². The third kappa shape index (κ3) is 8.10. The van der Waals surface area contributed by atoms with Crippen LogP contribution in [0.25, 0.3) is 11.5 Å². The number of anilines is 1. The number of carboxylic acids is 1. The number of aromatic hydroxyl groups is 4. The first-order chi connectivity index (χ1) is 26.5. The van der Waals surface area contributed by atoms with Crippen LogP contribution in [-0.4, -0.2) is 109 Å². The van der Waals surface area contributed by atoms with Crippen molar-refractivity contribution in [1.82, 2.24) is 36.2 Å². The number of nitrogens with one attached hydrogen (secondary N) is 3. The first kappa shape index (κ1) is 39.2. The Hall–Kier alpha value is -6.53. The van der Waals surface area contributed by atoms with Gasteiger partial charge >= 0.3 is 5.97 Å². The van der Waals surface area contributed by atoms with Crippen LogP contribution in [0.3, 0.4) is 0 Å². The van der Waals surface area contributed by atoms with Crippen molar-refractivity contribution in [3.05, 3.63) is 64.3 Å². The highest BCUT2D eigenvalue weighted by molar-refractivity contribution is 8.01. The van der Waals surface area contributed by atoms with E-state index < -0.39 is 63.8 Å². The van der Waals surface area contributed by atoms with Crippen molar-refractivity contribution in [3.8, 4) is 34.5 Å². The number of carbonyl (C=O) groups is 5. The molecule has 2 aliphatic heterocycles. The van der Waals surface area contributed by atoms with Gasteiger partial charge in [-0.1, -0.05) is 16.9 Å². The zero-order chi connectivity index (χ0) is 40.5. The summed E-state index contributed by atoms with van der Waals surface area (Å²) in [5.41, 5.74) is 8.03. The molecule has 2 aromatic carbocycles. The minimum Gasteiger partial charge on any atom is -0.504 e. The van der Waals surface area contributed by atoms with Crippen LogP contribution in [-0.2, 0) is 24.0 Å². The second kappa shape index (κ2) is 15.7. The van der Waals surface area contributed by atoms with E-state index in [0.717, 1.165) is 40.1 Å². The highest BCUT2D eigenvalue weighted by Crippen LogP contribution is 2.42. The third-order valence-electron chi connectivity index (χ3n) is 7.95. The number of thiazole rings is 1. The lowest BCUT2D eigenvalue weighted by Gasteiger charge is -2.49. The van der Waals surface area contributed by atoms with Crippen LogP contribution in [0, 0.1) is 0 Å². The van der Waals surface area contributed by atoms with Crippen LogP contribution in [0.1, 0.15) is 29.9 Å². The van der Waals surface area contributed by atoms with Gasteiger partial charge in [0.25, 0.3) is 28.9 Å². The number of β-lactam (4-membered cyclic amide) rings is 1. The smallest absolute Gasteiger partial charge is 0.352 e. The zero-order valence-corrected chi connectivity index (χ0v) is 31.2. The molecule has 0 radical (unpaired) electrons. The van der Waals surface area contributed by atoms with E-state index in [2.05, 4.69) is 36.5 Å². The van der Waals surface area contributed by atoms with Crippen molar-refractivity contribution in [3.63, 3.8) is 0 Å². The van der Waals surface area contributed by atoms with Crippen LogP contribution < -0.4 is 21.9 Å². The Labute approximate surface area is 326 Å². The van der Waals surface area contributed by atoms with Gasteiger partial charge in [-0.2, -0.15) is 0 Å². The van der Waals surface area contributed by atoms with Crippen LogP contribution in [0.4, 0.5) is 5.13 Å². The molecule has 0 unspecified atom stereocenters. The summed E-state index contributed by atoms with van der Waals surface area (Å²) in [4.78, 5) is 75.3. The number of amides is 4. The van der Waals surface area contributed by atoms with Gasteiger partial charge in [0.15, 0.2) is 33.8 Å². The number of hydrogen-bond donors (Lipinski definition) is 9. The molecule has 6 rings (SSSR count). The molecule has 24 heteroatoms. The van der Waals surface area contributed by atoms with Crippen LogP contribution >= 0.6 is 34.9 Å². The summed E-state index contributed by atoms with van der Waals surface area (Å²) in [6, 6.07) is 6.01. The molecule has 4 heterocycles. The molecule has 2 atom stereocenters. The molecule has 0 saturated carbocycles. The maximum Gasteiger partial charge on any atom is 0.352 e. The Bertz CT molecular complexity index is 2330. The number of aromatic nitrogens is 3. The average molecular weight is 828 g/mol. The summed E-state index contributed by atoms with van der Waals surface area (Å²) in [6.07, 6.45) is 0. The molecule has 2 aromatic heterocycles. The van der Waals surface area contributed by atoms with Crippen molar-refractivity contribution in [2.24, 2.45) is 5.16 Å². The van der Waals surface area contributed by atoms with E-state index in [0.29, 0.717) is 11.1 Å². The summed E-state index contributed by atoms with van der Waals surface area (Å²) < 4.78 is 5.61. The molecule has 1 fully saturated rings. The van der Waals surface area contributed by atoms with Gasteiger partial charge in [0.2, 0.25) is 11.5 Å². The molecule has 10 N–H and O–H groups in total. The van der Waals surface area contributed by atoms with E-state index in [1.54, 1.807) is 0 Å². The van der Waals surface area contributed by atoms with Crippen molar-refractivity contribution in [2.45, 2.75) is 36.1 Å². The van der Waals surface area contributed by atoms with Crippen LogP contribution in [0.2, 0.25) is 0 Å². The van der Waals surface area contributed by atoms with E-state index >= 15 is 0 Å². The van der Waals surface area contributed by atoms with Gasteiger partial charge in [0.1, 0.15) is 22.8 Å². The molecule has 56 heavy (non-hydrogen) atoms. The number of fused-ring (bicyclic) bond motifs is 1. The minimum absolute atomic E-state index is 0.0447. The van der Waals surface area contributed by atoms with Crippen molar-refractivity contribution < 1.29 is 58.8 Å². The van der Waals surface area contributed by atoms with E-state index in [4.69, 9.17) is 15.0 Å². The summed E-state index contributed by atoms with van der Waals surface area (Å²) in [5.74, 6) is -6.28. The molecule has 4 amide bonds. The molecule has 4 aromatic rings. The summed E-state index contributed by atoms with van der Waals surface area (Å²) in [6.45, 7) is 2.55. The fourth-order valence-corrected chi connectivity index (χ4v) is 7.79. The maximum atomic E-state index is 13.6. The lowest BCUT2D eigenvalue weighted by Crippen LogP contribution is -2.71. The number of thioether (sulfide) groups is 2. The molecule has 2 aliphatic rings. The average Bonchev–Trinajstić information content (AvgIpc) is 3.82. The van der Waals surface area contributed by atoms with Gasteiger partial charge in [-0.15, -0.1) is 33.3 Å². The number of nitrogens with zero attached hydrogens (tertiary/aromatic N) is 5. The summed E-state index contributed by atoms with van der Waals surface area (Å²) in [5, 5.41) is 63.5. The van der Waals surface area contributed by atoms with Crippen molar-refractivity contribution in [2.75, 3.05) is 17.2 Å². The molecule has 0 spiro atoms.